The molecule has 0 aliphatic carbocycles. The Hall–Kier alpha value is -2.57. The Labute approximate surface area is 155 Å². The van der Waals surface area contributed by atoms with Gasteiger partial charge in [0.25, 0.3) is 0 Å². The van der Waals surface area contributed by atoms with Crippen LogP contribution in [0.4, 0.5) is 10.6 Å². The molecule has 6 nitrogen and oxygen atoms in total. The number of carbonyl (C=O) groups is 1. The number of H-pyrrole nitrogens is 1. The summed E-state index contributed by atoms with van der Waals surface area (Å²) in [7, 11) is 0. The smallest absolute Gasteiger partial charge is 0.323 e. The highest BCUT2D eigenvalue weighted by Gasteiger charge is 2.35. The minimum atomic E-state index is -0.958. The van der Waals surface area contributed by atoms with Gasteiger partial charge in [0.1, 0.15) is 0 Å². The average Bonchev–Trinajstić information content (AvgIpc) is 3.05. The quantitative estimate of drug-likeness (QED) is 0.642. The number of carbonyl (C=O) groups excluding carboxylic acids is 1. The van der Waals surface area contributed by atoms with Gasteiger partial charge in [-0.1, -0.05) is 35.9 Å². The molecule has 26 heavy (non-hydrogen) atoms. The summed E-state index contributed by atoms with van der Waals surface area (Å²) in [6.07, 6.45) is 0.921. The summed E-state index contributed by atoms with van der Waals surface area (Å²) in [4.78, 5) is 14.3. The number of amides is 2. The SMILES string of the molecule is O=C(Nc1n[nH]c2ccccc12)N1CCC(O)(c2cccc(Cl)c2)CC1. The van der Waals surface area contributed by atoms with Crippen molar-refractivity contribution in [2.45, 2.75) is 18.4 Å². The zero-order valence-corrected chi connectivity index (χ0v) is 14.8. The number of likely N-dealkylation sites (tertiary alicyclic amines) is 1. The lowest BCUT2D eigenvalue weighted by Gasteiger charge is -2.38. The van der Waals surface area contributed by atoms with E-state index in [1.165, 1.54) is 0 Å². The van der Waals surface area contributed by atoms with Crippen molar-refractivity contribution in [2.75, 3.05) is 18.4 Å². The number of nitrogens with one attached hydrogen (secondary N) is 2. The fourth-order valence-electron chi connectivity index (χ4n) is 3.39. The molecular formula is C19H19ClN4O2. The summed E-state index contributed by atoms with van der Waals surface area (Å²) >= 11 is 6.04. The number of urea groups is 1. The Morgan fingerprint density at radius 2 is 1.96 bits per heavy atom. The van der Waals surface area contributed by atoms with Gasteiger partial charge in [0.2, 0.25) is 0 Å². The van der Waals surface area contributed by atoms with Gasteiger partial charge in [-0.2, -0.15) is 5.10 Å². The van der Waals surface area contributed by atoms with Crippen molar-refractivity contribution in [1.82, 2.24) is 15.1 Å². The third-order valence-electron chi connectivity index (χ3n) is 4.94. The number of aliphatic hydroxyl groups is 1. The second-order valence-corrected chi connectivity index (χ2v) is 7.01. The number of hydrogen-bond donors (Lipinski definition) is 3. The molecule has 3 N–H and O–H groups in total. The van der Waals surface area contributed by atoms with Gasteiger partial charge < -0.3 is 10.0 Å². The molecule has 0 saturated carbocycles. The molecule has 1 aliphatic heterocycles. The van der Waals surface area contributed by atoms with Crippen molar-refractivity contribution in [1.29, 1.82) is 0 Å². The summed E-state index contributed by atoms with van der Waals surface area (Å²) in [6.45, 7) is 0.911. The Morgan fingerprint density at radius 3 is 2.73 bits per heavy atom. The molecule has 0 bridgehead atoms. The van der Waals surface area contributed by atoms with E-state index in [1.807, 2.05) is 36.4 Å². The first-order valence-corrected chi connectivity index (χ1v) is 8.90. The van der Waals surface area contributed by atoms with Crippen LogP contribution in [0.5, 0.6) is 0 Å². The zero-order chi connectivity index (χ0) is 18.1. The van der Waals surface area contributed by atoms with Gasteiger partial charge >= 0.3 is 6.03 Å². The van der Waals surface area contributed by atoms with Gasteiger partial charge in [0.05, 0.1) is 11.1 Å². The van der Waals surface area contributed by atoms with Crippen LogP contribution in [0.25, 0.3) is 10.9 Å². The molecule has 2 aromatic carbocycles. The van der Waals surface area contributed by atoms with Crippen LogP contribution in [-0.2, 0) is 5.60 Å². The fourth-order valence-corrected chi connectivity index (χ4v) is 3.58. The molecule has 2 amide bonds. The lowest BCUT2D eigenvalue weighted by atomic mass is 9.84. The molecule has 1 fully saturated rings. The maximum Gasteiger partial charge on any atom is 0.323 e. The molecule has 2 heterocycles. The third-order valence-corrected chi connectivity index (χ3v) is 5.17. The highest BCUT2D eigenvalue weighted by molar-refractivity contribution is 6.30. The van der Waals surface area contributed by atoms with E-state index >= 15 is 0 Å². The molecule has 1 aliphatic rings. The Morgan fingerprint density at radius 1 is 1.19 bits per heavy atom. The Bertz CT molecular complexity index is 947. The number of rotatable bonds is 2. The molecule has 0 unspecified atom stereocenters. The van der Waals surface area contributed by atoms with Gasteiger partial charge in [-0.3, -0.25) is 10.4 Å². The van der Waals surface area contributed by atoms with Crippen molar-refractivity contribution < 1.29 is 9.90 Å². The number of hydrogen-bond acceptors (Lipinski definition) is 3. The predicted molar refractivity (Wildman–Crippen MR) is 101 cm³/mol. The van der Waals surface area contributed by atoms with Crippen LogP contribution in [0, 0.1) is 0 Å². The van der Waals surface area contributed by atoms with E-state index in [2.05, 4.69) is 15.5 Å². The van der Waals surface area contributed by atoms with Crippen molar-refractivity contribution in [3.63, 3.8) is 0 Å². The molecule has 7 heteroatoms. The van der Waals surface area contributed by atoms with E-state index in [4.69, 9.17) is 11.6 Å². The maximum atomic E-state index is 12.6. The number of para-hydroxylation sites is 1. The Kier molecular flexibility index (Phi) is 4.30. The van der Waals surface area contributed by atoms with Gasteiger partial charge in [-0.25, -0.2) is 4.79 Å². The van der Waals surface area contributed by atoms with Crippen molar-refractivity contribution in [3.8, 4) is 0 Å². The van der Waals surface area contributed by atoms with Crippen LogP contribution in [0.15, 0.2) is 48.5 Å². The highest BCUT2D eigenvalue weighted by Crippen LogP contribution is 2.34. The molecule has 0 radical (unpaired) electrons. The van der Waals surface area contributed by atoms with Crippen LogP contribution < -0.4 is 5.32 Å². The standard InChI is InChI=1S/C19H19ClN4O2/c20-14-5-3-4-13(12-14)19(26)8-10-24(11-9-19)18(25)21-17-15-6-1-2-7-16(15)22-23-17/h1-7,12,26H,8-11H2,(H2,21,22,23,25). The fraction of sp³-hybridized carbons (Fsp3) is 0.263. The zero-order valence-electron chi connectivity index (χ0n) is 14.1. The monoisotopic (exact) mass is 370 g/mol. The van der Waals surface area contributed by atoms with Gasteiger partial charge in [-0.15, -0.1) is 0 Å². The summed E-state index contributed by atoms with van der Waals surface area (Å²) < 4.78 is 0. The van der Waals surface area contributed by atoms with E-state index < -0.39 is 5.60 Å². The molecule has 0 spiro atoms. The number of anilines is 1. The van der Waals surface area contributed by atoms with Crippen LogP contribution in [-0.4, -0.2) is 39.3 Å². The lowest BCUT2D eigenvalue weighted by Crippen LogP contribution is -2.46. The molecule has 4 rings (SSSR count). The van der Waals surface area contributed by atoms with Crippen LogP contribution in [0.2, 0.25) is 5.02 Å². The average molecular weight is 371 g/mol. The highest BCUT2D eigenvalue weighted by atomic mass is 35.5. The van der Waals surface area contributed by atoms with E-state index in [0.29, 0.717) is 36.8 Å². The van der Waals surface area contributed by atoms with Gasteiger partial charge in [0, 0.05) is 23.5 Å². The van der Waals surface area contributed by atoms with E-state index in [1.54, 1.807) is 17.0 Å². The number of aromatic amines is 1. The minimum absolute atomic E-state index is 0.213. The summed E-state index contributed by atoms with van der Waals surface area (Å²) in [5, 5.41) is 22.3. The minimum Gasteiger partial charge on any atom is -0.385 e. The topological polar surface area (TPSA) is 81.2 Å². The van der Waals surface area contributed by atoms with E-state index in [0.717, 1.165) is 16.5 Å². The molecular weight excluding hydrogens is 352 g/mol. The number of benzene rings is 2. The number of nitrogens with zero attached hydrogens (tertiary/aromatic N) is 2. The van der Waals surface area contributed by atoms with Gasteiger partial charge in [-0.05, 0) is 42.7 Å². The second-order valence-electron chi connectivity index (χ2n) is 6.58. The van der Waals surface area contributed by atoms with Crippen molar-refractivity contribution >= 4 is 34.4 Å². The maximum absolute atomic E-state index is 12.6. The molecule has 134 valence electrons. The van der Waals surface area contributed by atoms with Crippen LogP contribution >= 0.6 is 11.6 Å². The largest absolute Gasteiger partial charge is 0.385 e. The Balaban J connectivity index is 1.43. The lowest BCUT2D eigenvalue weighted by molar-refractivity contribution is -0.0156. The summed E-state index contributed by atoms with van der Waals surface area (Å²) in [6, 6.07) is 14.7. The molecule has 1 saturated heterocycles. The van der Waals surface area contributed by atoms with Crippen LogP contribution in [0.1, 0.15) is 18.4 Å². The van der Waals surface area contributed by atoms with E-state index in [9.17, 15) is 9.90 Å². The first kappa shape index (κ1) is 16.9. The number of fused-ring (bicyclic) bond motifs is 1. The first-order chi connectivity index (χ1) is 12.5. The number of aromatic nitrogens is 2. The molecule has 1 aromatic heterocycles. The van der Waals surface area contributed by atoms with E-state index in [-0.39, 0.29) is 6.03 Å². The summed E-state index contributed by atoms with van der Waals surface area (Å²) in [5.74, 6) is 0.515. The van der Waals surface area contributed by atoms with Crippen LogP contribution in [0.3, 0.4) is 0 Å². The normalized spacial score (nSPS) is 16.6. The second kappa shape index (κ2) is 6.63. The predicted octanol–water partition coefficient (Wildman–Crippen LogP) is 3.73. The van der Waals surface area contributed by atoms with Crippen molar-refractivity contribution in [2.24, 2.45) is 0 Å². The number of piperidine rings is 1. The molecule has 3 aromatic rings. The first-order valence-electron chi connectivity index (χ1n) is 8.53. The van der Waals surface area contributed by atoms with Crippen molar-refractivity contribution in [3.05, 3.63) is 59.1 Å². The third kappa shape index (κ3) is 3.13. The summed E-state index contributed by atoms with van der Waals surface area (Å²) in [5.41, 5.74) is 0.709. The van der Waals surface area contributed by atoms with Gasteiger partial charge in [0.15, 0.2) is 5.82 Å². The molecule has 0 atom stereocenters. The number of halogens is 1.